The number of oxime groups is 1. The Morgan fingerprint density at radius 1 is 1.19 bits per heavy atom. The first kappa shape index (κ1) is 25.1. The smallest absolute Gasteiger partial charge is 0.388 e. The number of carbonyl (C=O) groups excluding carboxylic acids is 1. The van der Waals surface area contributed by atoms with E-state index in [4.69, 9.17) is 20.0 Å². The summed E-state index contributed by atoms with van der Waals surface area (Å²) in [4.78, 5) is 37.6. The number of anilines is 1. The van der Waals surface area contributed by atoms with E-state index in [1.165, 1.54) is 16.5 Å². The van der Waals surface area contributed by atoms with Crippen LogP contribution >= 0.6 is 0 Å². The summed E-state index contributed by atoms with van der Waals surface area (Å²) in [5, 5.41) is 3.67. The second-order valence-corrected chi connectivity index (χ2v) is 8.28. The molecule has 0 radical (unpaired) electrons. The third-order valence-corrected chi connectivity index (χ3v) is 5.62. The van der Waals surface area contributed by atoms with Crippen molar-refractivity contribution >= 4 is 23.1 Å². The lowest BCUT2D eigenvalue weighted by Gasteiger charge is -2.28. The lowest BCUT2D eigenvalue weighted by molar-refractivity contribution is 0.0502. The molecule has 0 amide bonds. The van der Waals surface area contributed by atoms with Crippen molar-refractivity contribution in [2.24, 2.45) is 10.9 Å². The summed E-state index contributed by atoms with van der Waals surface area (Å²) >= 11 is 0. The zero-order valence-corrected chi connectivity index (χ0v) is 20.0. The average Bonchev–Trinajstić information content (AvgIpc) is 2.90. The van der Waals surface area contributed by atoms with Crippen molar-refractivity contribution in [3.05, 3.63) is 70.0 Å². The molecule has 0 bridgehead atoms. The van der Waals surface area contributed by atoms with E-state index in [1.54, 1.807) is 24.4 Å². The van der Waals surface area contributed by atoms with Gasteiger partial charge in [0, 0.05) is 25.7 Å². The first-order valence-corrected chi connectivity index (χ1v) is 11.8. The van der Waals surface area contributed by atoms with Crippen molar-refractivity contribution in [1.29, 1.82) is 0 Å². The number of nitrogens with two attached hydrogens (primary N) is 1. The molecule has 10 nitrogen and oxygen atoms in total. The minimum absolute atomic E-state index is 0.00364. The highest BCUT2D eigenvalue weighted by atomic mass is 19.1. The summed E-state index contributed by atoms with van der Waals surface area (Å²) in [5.41, 5.74) is 6.84. The monoisotopic (exact) mass is 497 g/mol. The molecule has 0 atom stereocenters. The second kappa shape index (κ2) is 11.6. The van der Waals surface area contributed by atoms with Crippen LogP contribution in [0.4, 0.5) is 10.1 Å². The molecule has 36 heavy (non-hydrogen) atoms. The van der Waals surface area contributed by atoms with Crippen LogP contribution in [0, 0.1) is 5.82 Å². The fraction of sp³-hybridized carbons (Fsp3) is 0.360. The molecule has 4 rings (SSSR count). The summed E-state index contributed by atoms with van der Waals surface area (Å²) in [6.45, 7) is 4.83. The number of aromatic nitrogens is 2. The van der Waals surface area contributed by atoms with Crippen LogP contribution < -0.4 is 20.9 Å². The number of rotatable bonds is 9. The first-order chi connectivity index (χ1) is 17.5. The van der Waals surface area contributed by atoms with E-state index in [0.717, 1.165) is 12.1 Å². The maximum absolute atomic E-state index is 13.3. The Morgan fingerprint density at radius 2 is 1.94 bits per heavy atom. The number of ether oxygens (including phenoxy) is 2. The van der Waals surface area contributed by atoms with E-state index in [1.807, 2.05) is 13.0 Å². The number of morpholine rings is 1. The highest BCUT2D eigenvalue weighted by molar-refractivity contribution is 5.91. The second-order valence-electron chi connectivity index (χ2n) is 8.28. The highest BCUT2D eigenvalue weighted by Crippen LogP contribution is 2.20. The van der Waals surface area contributed by atoms with E-state index in [0.29, 0.717) is 38.3 Å². The molecule has 190 valence electrons. The molecule has 3 aromatic rings. The average molecular weight is 498 g/mol. The number of nitrogens with zero attached hydrogens (tertiary/aromatic N) is 4. The lowest BCUT2D eigenvalue weighted by atomic mass is 10.1. The van der Waals surface area contributed by atoms with Gasteiger partial charge in [-0.15, -0.1) is 0 Å². The molecule has 1 fully saturated rings. The summed E-state index contributed by atoms with van der Waals surface area (Å²) < 4.78 is 25.5. The van der Waals surface area contributed by atoms with Crippen LogP contribution in [-0.2, 0) is 16.0 Å². The Bertz CT molecular complexity index is 1300. The molecule has 1 aliphatic heterocycles. The van der Waals surface area contributed by atoms with Crippen LogP contribution in [0.5, 0.6) is 5.75 Å². The summed E-state index contributed by atoms with van der Waals surface area (Å²) in [5.74, 6) is -1.56. The number of amidine groups is 1. The summed E-state index contributed by atoms with van der Waals surface area (Å²) in [6, 6.07) is 9.19. The maximum atomic E-state index is 13.3. The number of pyridine rings is 1. The van der Waals surface area contributed by atoms with E-state index < -0.39 is 11.5 Å². The van der Waals surface area contributed by atoms with Gasteiger partial charge in [-0.2, -0.15) is 0 Å². The molecule has 0 spiro atoms. The number of hydrogen-bond acceptors (Lipinski definition) is 8. The molecule has 0 saturated carbocycles. The standard InChI is InChI=1S/C25H28FN5O5/c1-2-3-12-35-23-22(25(33)36-29-20(27)15-17-4-6-18(26)7-5-17)28-21-9-8-19(16-31(21)24(23)32)30-10-13-34-14-11-30/h4-9,16H,2-3,10-15H2,1H3,(H2,27,29). The zero-order valence-electron chi connectivity index (χ0n) is 20.0. The molecule has 2 aromatic heterocycles. The van der Waals surface area contributed by atoms with Crippen molar-refractivity contribution in [3.63, 3.8) is 0 Å². The van der Waals surface area contributed by atoms with Crippen LogP contribution in [0.3, 0.4) is 0 Å². The Kier molecular flexibility index (Phi) is 8.11. The van der Waals surface area contributed by atoms with Gasteiger partial charge in [-0.1, -0.05) is 30.6 Å². The molecular weight excluding hydrogens is 469 g/mol. The maximum Gasteiger partial charge on any atom is 0.388 e. The number of halogens is 1. The van der Waals surface area contributed by atoms with Gasteiger partial charge in [-0.05, 0) is 36.2 Å². The molecule has 1 aromatic carbocycles. The summed E-state index contributed by atoms with van der Waals surface area (Å²) in [6.07, 6.45) is 3.35. The Morgan fingerprint density at radius 3 is 2.67 bits per heavy atom. The minimum atomic E-state index is -0.972. The van der Waals surface area contributed by atoms with Gasteiger partial charge >= 0.3 is 11.5 Å². The topological polar surface area (TPSA) is 121 Å². The van der Waals surface area contributed by atoms with Gasteiger partial charge in [-0.3, -0.25) is 9.20 Å². The van der Waals surface area contributed by atoms with Crippen molar-refractivity contribution in [2.45, 2.75) is 26.2 Å². The quantitative estimate of drug-likeness (QED) is 0.157. The van der Waals surface area contributed by atoms with E-state index in [2.05, 4.69) is 15.0 Å². The van der Waals surface area contributed by atoms with Gasteiger partial charge < -0.3 is 24.9 Å². The van der Waals surface area contributed by atoms with Gasteiger partial charge in [0.2, 0.25) is 11.4 Å². The molecule has 1 aliphatic rings. The molecular formula is C25H28FN5O5. The van der Waals surface area contributed by atoms with Crippen molar-refractivity contribution < 1.29 is 23.5 Å². The number of unbranched alkanes of at least 4 members (excludes halogenated alkanes) is 1. The number of hydrogen-bond donors (Lipinski definition) is 1. The third-order valence-electron chi connectivity index (χ3n) is 5.62. The Balaban J connectivity index is 1.61. The fourth-order valence-electron chi connectivity index (χ4n) is 3.69. The SMILES string of the molecule is CCCCOc1c(C(=O)O/N=C(/N)Cc2ccc(F)cc2)nc2ccc(N3CCOCC3)cn2c1=O. The molecule has 11 heteroatoms. The van der Waals surface area contributed by atoms with E-state index >= 15 is 0 Å². The molecule has 0 aliphatic carbocycles. The van der Waals surface area contributed by atoms with Gasteiger partial charge in [0.25, 0.3) is 0 Å². The number of carbonyl (C=O) groups is 1. The van der Waals surface area contributed by atoms with Crippen LogP contribution in [0.2, 0.25) is 0 Å². The highest BCUT2D eigenvalue weighted by Gasteiger charge is 2.23. The lowest BCUT2D eigenvalue weighted by Crippen LogP contribution is -2.36. The zero-order chi connectivity index (χ0) is 25.5. The predicted octanol–water partition coefficient (Wildman–Crippen LogP) is 2.52. The van der Waals surface area contributed by atoms with E-state index in [9.17, 15) is 14.0 Å². The number of fused-ring (bicyclic) bond motifs is 1. The Labute approximate surface area is 207 Å². The van der Waals surface area contributed by atoms with Gasteiger partial charge in [-0.25, -0.2) is 14.2 Å². The van der Waals surface area contributed by atoms with Crippen LogP contribution in [0.15, 0.2) is 52.5 Å². The number of benzene rings is 1. The van der Waals surface area contributed by atoms with Crippen LogP contribution in [0.25, 0.3) is 5.65 Å². The third kappa shape index (κ3) is 5.98. The van der Waals surface area contributed by atoms with Crippen molar-refractivity contribution in [2.75, 3.05) is 37.8 Å². The van der Waals surface area contributed by atoms with Crippen LogP contribution in [0.1, 0.15) is 35.8 Å². The van der Waals surface area contributed by atoms with Gasteiger partial charge in [0.1, 0.15) is 17.3 Å². The van der Waals surface area contributed by atoms with Crippen molar-refractivity contribution in [1.82, 2.24) is 9.38 Å². The predicted molar refractivity (Wildman–Crippen MR) is 132 cm³/mol. The largest absolute Gasteiger partial charge is 0.486 e. The molecule has 3 heterocycles. The summed E-state index contributed by atoms with van der Waals surface area (Å²) in [7, 11) is 0. The Hall–Kier alpha value is -3.99. The first-order valence-electron chi connectivity index (χ1n) is 11.8. The molecule has 2 N–H and O–H groups in total. The molecule has 1 saturated heterocycles. The van der Waals surface area contributed by atoms with E-state index in [-0.39, 0.29) is 41.8 Å². The normalized spacial score (nSPS) is 14.2. The fourth-order valence-corrected chi connectivity index (χ4v) is 3.69. The van der Waals surface area contributed by atoms with Crippen molar-refractivity contribution in [3.8, 4) is 5.75 Å². The molecule has 0 unspecified atom stereocenters. The van der Waals surface area contributed by atoms with Crippen LogP contribution in [-0.4, -0.2) is 54.1 Å². The van der Waals surface area contributed by atoms with Gasteiger partial charge in [0.05, 0.1) is 25.5 Å². The van der Waals surface area contributed by atoms with Gasteiger partial charge in [0.15, 0.2) is 0 Å². The minimum Gasteiger partial charge on any atom is -0.486 e.